The van der Waals surface area contributed by atoms with Crippen molar-refractivity contribution >= 4 is 22.5 Å². The summed E-state index contributed by atoms with van der Waals surface area (Å²) in [6, 6.07) is 7.42. The molecule has 0 saturated heterocycles. The maximum absolute atomic E-state index is 8.41. The van der Waals surface area contributed by atoms with Crippen molar-refractivity contribution in [1.82, 2.24) is 0 Å². The first-order valence-corrected chi connectivity index (χ1v) is 4.18. The SMILES string of the molecule is CN(C)c1ccc(/C(Cl)=N/O)cc1. The monoisotopic (exact) mass is 198 g/mol. The Balaban J connectivity index is 2.94. The van der Waals surface area contributed by atoms with Gasteiger partial charge in [-0.2, -0.15) is 0 Å². The topological polar surface area (TPSA) is 35.8 Å². The van der Waals surface area contributed by atoms with Crippen molar-refractivity contribution in [3.05, 3.63) is 29.8 Å². The van der Waals surface area contributed by atoms with Crippen LogP contribution in [-0.2, 0) is 0 Å². The van der Waals surface area contributed by atoms with Gasteiger partial charge in [-0.3, -0.25) is 0 Å². The van der Waals surface area contributed by atoms with Crippen LogP contribution in [0.25, 0.3) is 0 Å². The van der Waals surface area contributed by atoms with Gasteiger partial charge in [0.2, 0.25) is 0 Å². The number of hydrogen-bond acceptors (Lipinski definition) is 3. The van der Waals surface area contributed by atoms with E-state index >= 15 is 0 Å². The van der Waals surface area contributed by atoms with Gasteiger partial charge in [0.15, 0.2) is 5.17 Å². The second kappa shape index (κ2) is 4.14. The Bertz CT molecular complexity index is 306. The lowest BCUT2D eigenvalue weighted by atomic mass is 10.2. The van der Waals surface area contributed by atoms with Gasteiger partial charge < -0.3 is 10.1 Å². The summed E-state index contributed by atoms with van der Waals surface area (Å²) in [4.78, 5) is 1.98. The molecule has 0 fully saturated rings. The molecule has 0 aliphatic heterocycles. The molecule has 70 valence electrons. The molecule has 0 amide bonds. The van der Waals surface area contributed by atoms with Gasteiger partial charge in [-0.25, -0.2) is 0 Å². The third-order valence-electron chi connectivity index (χ3n) is 1.71. The smallest absolute Gasteiger partial charge is 0.175 e. The number of rotatable bonds is 2. The molecule has 1 N–H and O–H groups in total. The second-order valence-electron chi connectivity index (χ2n) is 2.83. The van der Waals surface area contributed by atoms with E-state index in [9.17, 15) is 0 Å². The van der Waals surface area contributed by atoms with Gasteiger partial charge in [-0.1, -0.05) is 16.8 Å². The summed E-state index contributed by atoms with van der Waals surface area (Å²) in [5.74, 6) is 0. The summed E-state index contributed by atoms with van der Waals surface area (Å²) in [5, 5.41) is 11.4. The Morgan fingerprint density at radius 1 is 1.31 bits per heavy atom. The minimum atomic E-state index is 0.102. The fraction of sp³-hybridized carbons (Fsp3) is 0.222. The molecule has 0 bridgehead atoms. The van der Waals surface area contributed by atoms with Crippen molar-refractivity contribution in [2.45, 2.75) is 0 Å². The molecule has 0 aliphatic rings. The van der Waals surface area contributed by atoms with Crippen LogP contribution in [0.3, 0.4) is 0 Å². The van der Waals surface area contributed by atoms with E-state index < -0.39 is 0 Å². The Morgan fingerprint density at radius 3 is 2.23 bits per heavy atom. The molecule has 4 heteroatoms. The molecule has 0 aromatic heterocycles. The van der Waals surface area contributed by atoms with E-state index in [4.69, 9.17) is 16.8 Å². The molecule has 1 rings (SSSR count). The fourth-order valence-electron chi connectivity index (χ4n) is 0.955. The first-order chi connectivity index (χ1) is 6.15. The van der Waals surface area contributed by atoms with Crippen LogP contribution in [0.1, 0.15) is 5.56 Å². The Kier molecular flexibility index (Phi) is 3.14. The number of anilines is 1. The molecule has 0 heterocycles. The molecule has 1 aromatic carbocycles. The highest BCUT2D eigenvalue weighted by molar-refractivity contribution is 6.69. The quantitative estimate of drug-likeness (QED) is 0.449. The van der Waals surface area contributed by atoms with E-state index in [2.05, 4.69) is 5.16 Å². The van der Waals surface area contributed by atoms with Crippen LogP contribution in [0.15, 0.2) is 29.4 Å². The van der Waals surface area contributed by atoms with Crippen LogP contribution >= 0.6 is 11.6 Å². The summed E-state index contributed by atoms with van der Waals surface area (Å²) >= 11 is 5.61. The van der Waals surface area contributed by atoms with Gasteiger partial charge in [0.1, 0.15) is 0 Å². The predicted octanol–water partition coefficient (Wildman–Crippen LogP) is 2.13. The van der Waals surface area contributed by atoms with Crippen LogP contribution in [0.5, 0.6) is 0 Å². The van der Waals surface area contributed by atoms with Crippen molar-refractivity contribution in [2.75, 3.05) is 19.0 Å². The highest BCUT2D eigenvalue weighted by Gasteiger charge is 2.00. The Labute approximate surface area is 82.2 Å². The normalized spacial score (nSPS) is 11.5. The van der Waals surface area contributed by atoms with Crippen LogP contribution in [0.2, 0.25) is 0 Å². The summed E-state index contributed by atoms with van der Waals surface area (Å²) < 4.78 is 0. The van der Waals surface area contributed by atoms with Gasteiger partial charge >= 0.3 is 0 Å². The van der Waals surface area contributed by atoms with Gasteiger partial charge in [0.05, 0.1) is 0 Å². The average Bonchev–Trinajstić information content (AvgIpc) is 2.17. The van der Waals surface area contributed by atoms with Crippen molar-refractivity contribution in [1.29, 1.82) is 0 Å². The van der Waals surface area contributed by atoms with E-state index in [0.717, 1.165) is 5.69 Å². The van der Waals surface area contributed by atoms with Crippen molar-refractivity contribution in [3.8, 4) is 0 Å². The molecule has 1 aromatic rings. The number of nitrogens with zero attached hydrogens (tertiary/aromatic N) is 2. The van der Waals surface area contributed by atoms with E-state index in [0.29, 0.717) is 5.56 Å². The van der Waals surface area contributed by atoms with Gasteiger partial charge in [0.25, 0.3) is 0 Å². The lowest BCUT2D eigenvalue weighted by Gasteiger charge is -2.11. The van der Waals surface area contributed by atoms with E-state index in [1.165, 1.54) is 0 Å². The number of halogens is 1. The van der Waals surface area contributed by atoms with Crippen molar-refractivity contribution in [2.24, 2.45) is 5.16 Å². The highest BCUT2D eigenvalue weighted by atomic mass is 35.5. The first-order valence-electron chi connectivity index (χ1n) is 3.80. The lowest BCUT2D eigenvalue weighted by Crippen LogP contribution is -2.08. The molecule has 0 atom stereocenters. The summed E-state index contributed by atoms with van der Waals surface area (Å²) in [6.45, 7) is 0. The van der Waals surface area contributed by atoms with Gasteiger partial charge in [0, 0.05) is 25.3 Å². The minimum absolute atomic E-state index is 0.102. The second-order valence-corrected chi connectivity index (χ2v) is 3.19. The molecule has 0 radical (unpaired) electrons. The lowest BCUT2D eigenvalue weighted by molar-refractivity contribution is 0.321. The number of oxime groups is 1. The largest absolute Gasteiger partial charge is 0.410 e. The maximum atomic E-state index is 8.41. The molecule has 0 saturated carbocycles. The third-order valence-corrected chi connectivity index (χ3v) is 2.00. The fourth-order valence-corrected chi connectivity index (χ4v) is 1.08. The highest BCUT2D eigenvalue weighted by Crippen LogP contribution is 2.13. The molecule has 0 spiro atoms. The van der Waals surface area contributed by atoms with Crippen LogP contribution in [0, 0.1) is 0 Å². The molecule has 0 aliphatic carbocycles. The third kappa shape index (κ3) is 2.36. The van der Waals surface area contributed by atoms with E-state index in [-0.39, 0.29) is 5.17 Å². The van der Waals surface area contributed by atoms with Crippen molar-refractivity contribution in [3.63, 3.8) is 0 Å². The summed E-state index contributed by atoms with van der Waals surface area (Å²) in [6.07, 6.45) is 0. The first kappa shape index (κ1) is 9.86. The molecule has 3 nitrogen and oxygen atoms in total. The zero-order valence-electron chi connectivity index (χ0n) is 7.53. The molecule has 0 unspecified atom stereocenters. The van der Waals surface area contributed by atoms with Gasteiger partial charge in [-0.05, 0) is 24.3 Å². The summed E-state index contributed by atoms with van der Waals surface area (Å²) in [7, 11) is 3.91. The zero-order chi connectivity index (χ0) is 9.84. The molecule has 13 heavy (non-hydrogen) atoms. The van der Waals surface area contributed by atoms with Gasteiger partial charge in [-0.15, -0.1) is 0 Å². The Hall–Kier alpha value is -1.22. The van der Waals surface area contributed by atoms with Crippen LogP contribution in [0.4, 0.5) is 5.69 Å². The number of hydrogen-bond donors (Lipinski definition) is 1. The molecular formula is C9H11ClN2O. The number of benzene rings is 1. The molecular weight excluding hydrogens is 188 g/mol. The average molecular weight is 199 g/mol. The maximum Gasteiger partial charge on any atom is 0.175 e. The standard InChI is InChI=1S/C9H11ClN2O/c1-12(2)8-5-3-7(4-6-8)9(10)11-13/h3-6,13H,1-2H3/b11-9-. The van der Waals surface area contributed by atoms with Crippen LogP contribution < -0.4 is 4.90 Å². The summed E-state index contributed by atoms with van der Waals surface area (Å²) in [5.41, 5.74) is 1.78. The zero-order valence-corrected chi connectivity index (χ0v) is 8.28. The van der Waals surface area contributed by atoms with E-state index in [1.807, 2.05) is 31.1 Å². The Morgan fingerprint density at radius 2 is 1.85 bits per heavy atom. The van der Waals surface area contributed by atoms with E-state index in [1.54, 1.807) is 12.1 Å². The van der Waals surface area contributed by atoms with Crippen molar-refractivity contribution < 1.29 is 5.21 Å². The van der Waals surface area contributed by atoms with Crippen LogP contribution in [-0.4, -0.2) is 24.5 Å². The minimum Gasteiger partial charge on any atom is -0.410 e. The predicted molar refractivity (Wildman–Crippen MR) is 54.9 cm³/mol.